The number of hydrogen-bond acceptors (Lipinski definition) is 3. The molecule has 0 aliphatic rings. The highest BCUT2D eigenvalue weighted by atomic mass is 35.6. The van der Waals surface area contributed by atoms with E-state index >= 15 is 0 Å². The molecule has 0 radical (unpaired) electrons. The second kappa shape index (κ2) is 5.82. The van der Waals surface area contributed by atoms with E-state index in [-0.39, 0.29) is 11.1 Å². The molecule has 92 valence electrons. The van der Waals surface area contributed by atoms with Crippen LogP contribution in [-0.4, -0.2) is 20.1 Å². The van der Waals surface area contributed by atoms with Gasteiger partial charge < -0.3 is 5.11 Å². The molecule has 0 fully saturated rings. The molecular formula is C9H6Cl3NO3S. The van der Waals surface area contributed by atoms with Crippen molar-refractivity contribution in [3.63, 3.8) is 0 Å². The Labute approximate surface area is 116 Å². The molecule has 0 saturated heterocycles. The van der Waals surface area contributed by atoms with E-state index in [1.54, 1.807) is 6.07 Å². The van der Waals surface area contributed by atoms with Crippen molar-refractivity contribution in [2.45, 2.75) is 3.12 Å². The smallest absolute Gasteiger partial charge is 0.336 e. The first-order valence-corrected chi connectivity index (χ1v) is 6.13. The second-order valence-corrected chi connectivity index (χ2v) is 6.80. The third-order valence-electron chi connectivity index (χ3n) is 1.66. The molecule has 1 aromatic rings. The van der Waals surface area contributed by atoms with Crippen molar-refractivity contribution in [1.29, 1.82) is 0 Å². The van der Waals surface area contributed by atoms with Crippen LogP contribution in [0.2, 0.25) is 0 Å². The largest absolute Gasteiger partial charge is 0.478 e. The fourth-order valence-electron chi connectivity index (χ4n) is 1.03. The van der Waals surface area contributed by atoms with Gasteiger partial charge in [0, 0.05) is 11.9 Å². The maximum atomic E-state index is 11.6. The van der Waals surface area contributed by atoms with Crippen LogP contribution in [0.5, 0.6) is 0 Å². The van der Waals surface area contributed by atoms with Crippen LogP contribution in [0, 0.1) is 0 Å². The Morgan fingerprint density at radius 3 is 2.18 bits per heavy atom. The topological polar surface area (TPSA) is 66.4 Å². The molecule has 2 N–H and O–H groups in total. The summed E-state index contributed by atoms with van der Waals surface area (Å²) in [5.74, 6) is -1.84. The van der Waals surface area contributed by atoms with Gasteiger partial charge in [0.15, 0.2) is 0 Å². The number of alkyl halides is 3. The van der Waals surface area contributed by atoms with Gasteiger partial charge in [-0.1, -0.05) is 46.9 Å². The van der Waals surface area contributed by atoms with Crippen molar-refractivity contribution in [2.75, 3.05) is 0 Å². The van der Waals surface area contributed by atoms with Gasteiger partial charge in [0.2, 0.25) is 0 Å². The van der Waals surface area contributed by atoms with Crippen LogP contribution in [-0.2, 0) is 0 Å². The summed E-state index contributed by atoms with van der Waals surface area (Å²) < 4.78 is 0.552. The van der Waals surface area contributed by atoms with Crippen LogP contribution in [0.15, 0.2) is 24.3 Å². The molecule has 17 heavy (non-hydrogen) atoms. The Kier molecular flexibility index (Phi) is 4.94. The molecule has 0 spiro atoms. The van der Waals surface area contributed by atoms with Crippen LogP contribution in [0.3, 0.4) is 0 Å². The summed E-state index contributed by atoms with van der Waals surface area (Å²) in [7, 11) is 0. The fourth-order valence-corrected chi connectivity index (χ4v) is 1.69. The second-order valence-electron chi connectivity index (χ2n) is 2.83. The zero-order chi connectivity index (χ0) is 13.1. The van der Waals surface area contributed by atoms with Gasteiger partial charge >= 0.3 is 5.97 Å². The Hall–Kier alpha value is -0.620. The lowest BCUT2D eigenvalue weighted by Gasteiger charge is -2.11. The molecule has 0 atom stereocenters. The van der Waals surface area contributed by atoms with Gasteiger partial charge in [0.25, 0.3) is 9.03 Å². The monoisotopic (exact) mass is 313 g/mol. The number of halogens is 3. The minimum absolute atomic E-state index is 0.00162. The molecule has 4 nitrogen and oxygen atoms in total. The number of carbonyl (C=O) groups is 2. The fraction of sp³-hybridized carbons (Fsp3) is 0.111. The van der Waals surface area contributed by atoms with E-state index in [4.69, 9.17) is 39.9 Å². The Bertz CT molecular complexity index is 447. The minimum Gasteiger partial charge on any atom is -0.478 e. The normalized spacial score (nSPS) is 11.0. The number of benzene rings is 1. The highest BCUT2D eigenvalue weighted by Crippen LogP contribution is 2.36. The van der Waals surface area contributed by atoms with Crippen LogP contribution in [0.25, 0.3) is 0 Å². The van der Waals surface area contributed by atoms with Crippen LogP contribution < -0.4 is 4.72 Å². The van der Waals surface area contributed by atoms with Gasteiger partial charge in [0.05, 0.1) is 11.1 Å². The molecule has 0 saturated carbocycles. The molecule has 1 aromatic carbocycles. The van der Waals surface area contributed by atoms with E-state index in [1.807, 2.05) is 0 Å². The van der Waals surface area contributed by atoms with Gasteiger partial charge in [-0.2, -0.15) is 0 Å². The van der Waals surface area contributed by atoms with Crippen LogP contribution in [0.4, 0.5) is 0 Å². The zero-order valence-corrected chi connectivity index (χ0v) is 11.2. The number of carboxylic acid groups (broad SMARTS) is 1. The van der Waals surface area contributed by atoms with Gasteiger partial charge in [-0.05, 0) is 12.1 Å². The lowest BCUT2D eigenvalue weighted by Crippen LogP contribution is -2.22. The van der Waals surface area contributed by atoms with Crippen molar-refractivity contribution in [3.05, 3.63) is 35.4 Å². The van der Waals surface area contributed by atoms with Crippen molar-refractivity contribution >= 4 is 58.6 Å². The Balaban J connectivity index is 2.86. The summed E-state index contributed by atoms with van der Waals surface area (Å²) in [5.41, 5.74) is -0.114. The summed E-state index contributed by atoms with van der Waals surface area (Å²) in [6, 6.07) is 5.75. The Morgan fingerprint density at radius 2 is 1.71 bits per heavy atom. The summed E-state index contributed by atoms with van der Waals surface area (Å²) in [4.78, 5) is 22.5. The average Bonchev–Trinajstić information content (AvgIpc) is 2.25. The molecule has 0 aromatic heterocycles. The average molecular weight is 315 g/mol. The molecule has 0 heterocycles. The molecule has 1 rings (SSSR count). The third-order valence-corrected chi connectivity index (χ3v) is 2.87. The van der Waals surface area contributed by atoms with Crippen molar-refractivity contribution in [2.24, 2.45) is 0 Å². The summed E-state index contributed by atoms with van der Waals surface area (Å²) in [5, 5.41) is 8.88. The molecular weight excluding hydrogens is 309 g/mol. The first-order valence-electron chi connectivity index (χ1n) is 4.18. The number of carboxylic acids is 1. The van der Waals surface area contributed by atoms with Gasteiger partial charge in [-0.15, -0.1) is 0 Å². The first kappa shape index (κ1) is 14.4. The quantitative estimate of drug-likeness (QED) is 0.664. The molecule has 0 unspecified atom stereocenters. The van der Waals surface area contributed by atoms with E-state index in [9.17, 15) is 9.59 Å². The van der Waals surface area contributed by atoms with Crippen molar-refractivity contribution < 1.29 is 14.7 Å². The Morgan fingerprint density at radius 1 is 1.18 bits per heavy atom. The minimum atomic E-state index is -1.70. The van der Waals surface area contributed by atoms with E-state index in [0.717, 1.165) is 0 Å². The highest BCUT2D eigenvalue weighted by molar-refractivity contribution is 8.03. The maximum absolute atomic E-state index is 11.6. The number of aromatic carboxylic acids is 1. The summed E-state index contributed by atoms with van der Waals surface area (Å²) in [6.45, 7) is 0. The van der Waals surface area contributed by atoms with E-state index in [0.29, 0.717) is 11.9 Å². The molecule has 0 aliphatic carbocycles. The number of carbonyl (C=O) groups excluding carboxylic acids is 1. The number of rotatable bonds is 3. The number of nitrogens with one attached hydrogen (secondary N) is 1. The maximum Gasteiger partial charge on any atom is 0.336 e. The highest BCUT2D eigenvalue weighted by Gasteiger charge is 2.23. The molecule has 8 heteroatoms. The van der Waals surface area contributed by atoms with E-state index in [2.05, 4.69) is 4.72 Å². The zero-order valence-electron chi connectivity index (χ0n) is 8.12. The van der Waals surface area contributed by atoms with Crippen molar-refractivity contribution in [1.82, 2.24) is 4.72 Å². The van der Waals surface area contributed by atoms with Gasteiger partial charge in [-0.25, -0.2) is 4.79 Å². The standard InChI is InChI=1S/C9H6Cl3NO3S/c10-9(11,12)17-13-7(14)5-3-1-2-4-6(5)8(15)16/h1-4H,(H,13,14)(H,15,16). The summed E-state index contributed by atoms with van der Waals surface area (Å²) >= 11 is 16.9. The predicted octanol–water partition coefficient (Wildman–Crippen LogP) is 3.09. The lowest BCUT2D eigenvalue weighted by atomic mass is 10.1. The van der Waals surface area contributed by atoms with E-state index < -0.39 is 15.0 Å². The SMILES string of the molecule is O=C(O)c1ccccc1C(=O)NSC(Cl)(Cl)Cl. The van der Waals surface area contributed by atoms with Gasteiger partial charge in [-0.3, -0.25) is 9.52 Å². The number of amides is 1. The van der Waals surface area contributed by atoms with Crippen LogP contribution >= 0.6 is 46.8 Å². The van der Waals surface area contributed by atoms with Gasteiger partial charge in [0.1, 0.15) is 0 Å². The molecule has 0 aliphatic heterocycles. The molecule has 1 amide bonds. The first-order chi connectivity index (χ1) is 7.81. The summed E-state index contributed by atoms with van der Waals surface area (Å²) in [6.07, 6.45) is 0. The third kappa shape index (κ3) is 4.63. The van der Waals surface area contributed by atoms with Crippen LogP contribution in [0.1, 0.15) is 20.7 Å². The van der Waals surface area contributed by atoms with Crippen molar-refractivity contribution in [3.8, 4) is 0 Å². The lowest BCUT2D eigenvalue weighted by molar-refractivity contribution is 0.0691. The molecule has 0 bridgehead atoms. The predicted molar refractivity (Wildman–Crippen MR) is 68.7 cm³/mol. The number of hydrogen-bond donors (Lipinski definition) is 2. The van der Waals surface area contributed by atoms with E-state index in [1.165, 1.54) is 18.2 Å².